The Bertz CT molecular complexity index is 391. The molecule has 0 spiro atoms. The lowest BCUT2D eigenvalue weighted by atomic mass is 9.82. The van der Waals surface area contributed by atoms with Crippen LogP contribution in [0.15, 0.2) is 25.3 Å². The van der Waals surface area contributed by atoms with Crippen molar-refractivity contribution in [2.75, 3.05) is 13.2 Å². The molecule has 0 amide bonds. The molecule has 4 atom stereocenters. The fourth-order valence-corrected chi connectivity index (χ4v) is 4.42. The lowest BCUT2D eigenvalue weighted by Crippen LogP contribution is -2.15. The fourth-order valence-electron chi connectivity index (χ4n) is 4.42. The van der Waals surface area contributed by atoms with Crippen molar-refractivity contribution in [2.45, 2.75) is 52.4 Å². The number of hydrogen-bond donors (Lipinski definition) is 0. The van der Waals surface area contributed by atoms with Crippen LogP contribution in [-0.4, -0.2) is 25.2 Å². The third-order valence-corrected chi connectivity index (χ3v) is 5.26. The summed E-state index contributed by atoms with van der Waals surface area (Å²) in [5, 5.41) is 0. The van der Waals surface area contributed by atoms with Crippen molar-refractivity contribution in [3.8, 4) is 0 Å². The summed E-state index contributed by atoms with van der Waals surface area (Å²) in [7, 11) is 0. The monoisotopic (exact) mass is 336 g/mol. The van der Waals surface area contributed by atoms with E-state index in [2.05, 4.69) is 22.6 Å². The second-order valence-corrected chi connectivity index (χ2v) is 6.50. The van der Waals surface area contributed by atoms with E-state index >= 15 is 0 Å². The van der Waals surface area contributed by atoms with Crippen molar-refractivity contribution in [3.05, 3.63) is 25.3 Å². The lowest BCUT2D eigenvalue weighted by Gasteiger charge is -2.23. The first kappa shape index (κ1) is 20.5. The van der Waals surface area contributed by atoms with E-state index < -0.39 is 0 Å². The van der Waals surface area contributed by atoms with Crippen molar-refractivity contribution < 1.29 is 19.1 Å². The zero-order chi connectivity index (χ0) is 17.9. The highest BCUT2D eigenvalue weighted by molar-refractivity contribution is 5.81. The molecule has 24 heavy (non-hydrogen) atoms. The van der Waals surface area contributed by atoms with Crippen LogP contribution in [-0.2, 0) is 19.1 Å². The highest BCUT2D eigenvalue weighted by Gasteiger charge is 2.48. The number of ether oxygens (including phenoxy) is 2. The molecule has 0 aromatic heterocycles. The minimum absolute atomic E-state index is 0.359. The maximum atomic E-state index is 10.1. The van der Waals surface area contributed by atoms with Crippen LogP contribution in [0.5, 0.6) is 0 Å². The van der Waals surface area contributed by atoms with E-state index in [1.54, 1.807) is 52.4 Å². The quantitative estimate of drug-likeness (QED) is 0.567. The molecule has 0 aromatic carbocycles. The molecule has 0 radical (unpaired) electrons. The Kier molecular flexibility index (Phi) is 9.43. The topological polar surface area (TPSA) is 52.6 Å². The fraction of sp³-hybridized carbons (Fsp3) is 0.700. The van der Waals surface area contributed by atoms with E-state index in [4.69, 9.17) is 0 Å². The predicted octanol–water partition coefficient (Wildman–Crippen LogP) is 4.30. The smallest absolute Gasteiger partial charge is 0.330 e. The Morgan fingerprint density at radius 2 is 1.29 bits per heavy atom. The van der Waals surface area contributed by atoms with Gasteiger partial charge < -0.3 is 9.47 Å². The van der Waals surface area contributed by atoms with Crippen LogP contribution in [0.3, 0.4) is 0 Å². The van der Waals surface area contributed by atoms with Gasteiger partial charge >= 0.3 is 11.9 Å². The van der Waals surface area contributed by atoms with Gasteiger partial charge in [0.05, 0.1) is 13.2 Å². The number of esters is 2. The molecule has 0 N–H and O–H groups in total. The molecular formula is C20H32O4. The molecule has 0 aromatic rings. The molecule has 2 unspecified atom stereocenters. The van der Waals surface area contributed by atoms with Crippen LogP contribution in [0.1, 0.15) is 52.4 Å². The summed E-state index contributed by atoms with van der Waals surface area (Å²) in [6.07, 6.45) is 11.8. The van der Waals surface area contributed by atoms with Crippen molar-refractivity contribution in [3.63, 3.8) is 0 Å². The molecule has 3 aliphatic carbocycles. The third kappa shape index (κ3) is 6.14. The van der Waals surface area contributed by atoms with Gasteiger partial charge in [-0.2, -0.15) is 0 Å². The second-order valence-electron chi connectivity index (χ2n) is 6.50. The number of carbonyl (C=O) groups is 2. The summed E-state index contributed by atoms with van der Waals surface area (Å²) in [4.78, 5) is 20.1. The van der Waals surface area contributed by atoms with Crippen molar-refractivity contribution in [2.24, 2.45) is 23.7 Å². The summed E-state index contributed by atoms with van der Waals surface area (Å²) in [6.45, 7) is 10.8. The Labute approximate surface area is 146 Å². The molecular weight excluding hydrogens is 304 g/mol. The number of rotatable bonds is 4. The minimum atomic E-state index is -0.359. The zero-order valence-corrected chi connectivity index (χ0v) is 15.2. The van der Waals surface area contributed by atoms with Gasteiger partial charge in [0.25, 0.3) is 0 Å². The van der Waals surface area contributed by atoms with Crippen molar-refractivity contribution in [1.29, 1.82) is 0 Å². The molecule has 3 rings (SSSR count). The van der Waals surface area contributed by atoms with Gasteiger partial charge in [0.2, 0.25) is 0 Å². The summed E-state index contributed by atoms with van der Waals surface area (Å²) in [6, 6.07) is 0. The molecule has 4 heteroatoms. The molecule has 3 aliphatic rings. The average Bonchev–Trinajstić information content (AvgIpc) is 3.30. The first-order valence-electron chi connectivity index (χ1n) is 9.15. The normalized spacial score (nSPS) is 28.4. The van der Waals surface area contributed by atoms with Gasteiger partial charge in [0.1, 0.15) is 0 Å². The van der Waals surface area contributed by atoms with E-state index in [0.717, 1.165) is 12.2 Å². The van der Waals surface area contributed by atoms with Crippen LogP contribution < -0.4 is 0 Å². The summed E-state index contributed by atoms with van der Waals surface area (Å²) >= 11 is 0. The molecule has 0 heterocycles. The van der Waals surface area contributed by atoms with E-state index in [0.29, 0.717) is 13.2 Å². The Morgan fingerprint density at radius 1 is 0.875 bits per heavy atom. The Hall–Kier alpha value is -1.58. The molecule has 3 fully saturated rings. The maximum Gasteiger partial charge on any atom is 0.330 e. The summed E-state index contributed by atoms with van der Waals surface area (Å²) in [5.74, 6) is 4.08. The first-order valence-corrected chi connectivity index (χ1v) is 9.15. The van der Waals surface area contributed by atoms with Crippen molar-refractivity contribution in [1.82, 2.24) is 0 Å². The number of hydrogen-bond acceptors (Lipinski definition) is 4. The Balaban J connectivity index is 0.000000188. The van der Waals surface area contributed by atoms with Gasteiger partial charge in [-0.25, -0.2) is 9.59 Å². The Morgan fingerprint density at radius 3 is 1.58 bits per heavy atom. The van der Waals surface area contributed by atoms with Crippen LogP contribution in [0, 0.1) is 23.7 Å². The average molecular weight is 336 g/mol. The largest absolute Gasteiger partial charge is 0.463 e. The first-order chi connectivity index (χ1) is 11.6. The van der Waals surface area contributed by atoms with E-state index in [9.17, 15) is 9.59 Å². The van der Waals surface area contributed by atoms with Gasteiger partial charge in [-0.3, -0.25) is 0 Å². The summed E-state index contributed by atoms with van der Waals surface area (Å²) < 4.78 is 8.87. The van der Waals surface area contributed by atoms with Gasteiger partial charge in [-0.05, 0) is 69.6 Å². The SMILES string of the molecule is C1C[C@@H]2C3CCC(C3)[C@@H]2C1.C=CC(=O)OCC.C=CC(=O)OCC. The van der Waals surface area contributed by atoms with Gasteiger partial charge in [-0.1, -0.05) is 19.6 Å². The highest BCUT2D eigenvalue weighted by atomic mass is 16.5. The van der Waals surface area contributed by atoms with Crippen LogP contribution in [0.2, 0.25) is 0 Å². The predicted molar refractivity (Wildman–Crippen MR) is 95.3 cm³/mol. The summed E-state index contributed by atoms with van der Waals surface area (Å²) in [5.41, 5.74) is 0. The second kappa shape index (κ2) is 11.1. The van der Waals surface area contributed by atoms with E-state index in [1.807, 2.05) is 0 Å². The van der Waals surface area contributed by atoms with Gasteiger partial charge in [-0.15, -0.1) is 0 Å². The molecule has 2 bridgehead atoms. The van der Waals surface area contributed by atoms with Gasteiger partial charge in [0.15, 0.2) is 0 Å². The molecule has 3 saturated carbocycles. The molecule has 136 valence electrons. The zero-order valence-electron chi connectivity index (χ0n) is 15.2. The van der Waals surface area contributed by atoms with Crippen LogP contribution in [0.25, 0.3) is 0 Å². The van der Waals surface area contributed by atoms with E-state index in [-0.39, 0.29) is 11.9 Å². The van der Waals surface area contributed by atoms with E-state index in [1.165, 1.54) is 23.7 Å². The standard InChI is InChI=1S/C10H16.2C5H8O2/c1-2-9-7-4-5-8(6-7)10(9)3-1;2*1-3-5(6)7-4-2/h7-10H,1-6H2;2*3H,1,4H2,2H3/t7?,8?,9-,10+;;. The molecule has 0 aliphatic heterocycles. The molecule has 4 nitrogen and oxygen atoms in total. The van der Waals surface area contributed by atoms with Crippen molar-refractivity contribution >= 4 is 11.9 Å². The maximum absolute atomic E-state index is 10.1. The number of fused-ring (bicyclic) bond motifs is 5. The van der Waals surface area contributed by atoms with Gasteiger partial charge in [0, 0.05) is 12.2 Å². The third-order valence-electron chi connectivity index (χ3n) is 5.26. The lowest BCUT2D eigenvalue weighted by molar-refractivity contribution is -0.138. The van der Waals surface area contributed by atoms with Crippen LogP contribution in [0.4, 0.5) is 0 Å². The molecule has 0 saturated heterocycles. The van der Waals surface area contributed by atoms with Crippen LogP contribution >= 0.6 is 0 Å². The highest BCUT2D eigenvalue weighted by Crippen LogP contribution is 2.58. The number of carbonyl (C=O) groups excluding carboxylic acids is 2. The minimum Gasteiger partial charge on any atom is -0.463 e.